The van der Waals surface area contributed by atoms with E-state index in [-0.39, 0.29) is 0 Å². The van der Waals surface area contributed by atoms with E-state index in [0.29, 0.717) is 18.7 Å². The van der Waals surface area contributed by atoms with Gasteiger partial charge in [-0.2, -0.15) is 5.26 Å². The summed E-state index contributed by atoms with van der Waals surface area (Å²) in [5.74, 6) is 0.870. The number of hydrogen-bond acceptors (Lipinski definition) is 3. The van der Waals surface area contributed by atoms with Crippen molar-refractivity contribution in [2.75, 3.05) is 0 Å². The SMILES string of the molecule is Cc1cc(CN)cc(C)c1OCc1ccccc1C#N. The molecule has 102 valence electrons. The molecule has 0 fully saturated rings. The van der Waals surface area contributed by atoms with Crippen LogP contribution in [-0.4, -0.2) is 0 Å². The van der Waals surface area contributed by atoms with E-state index in [1.165, 1.54) is 0 Å². The molecule has 0 unspecified atom stereocenters. The van der Waals surface area contributed by atoms with Crippen molar-refractivity contribution in [2.45, 2.75) is 27.0 Å². The van der Waals surface area contributed by atoms with Gasteiger partial charge in [0.25, 0.3) is 0 Å². The van der Waals surface area contributed by atoms with Crippen LogP contribution in [0.5, 0.6) is 5.75 Å². The van der Waals surface area contributed by atoms with E-state index in [2.05, 4.69) is 6.07 Å². The van der Waals surface area contributed by atoms with Gasteiger partial charge >= 0.3 is 0 Å². The number of nitrogens with two attached hydrogens (primary N) is 1. The molecule has 0 heterocycles. The molecule has 0 aliphatic carbocycles. The zero-order chi connectivity index (χ0) is 14.5. The summed E-state index contributed by atoms with van der Waals surface area (Å²) in [6.45, 7) is 4.95. The molecule has 3 heteroatoms. The lowest BCUT2D eigenvalue weighted by Gasteiger charge is -2.14. The highest BCUT2D eigenvalue weighted by Crippen LogP contribution is 2.26. The second-order valence-electron chi connectivity index (χ2n) is 4.82. The van der Waals surface area contributed by atoms with Gasteiger partial charge in [-0.25, -0.2) is 0 Å². The van der Waals surface area contributed by atoms with E-state index in [1.54, 1.807) is 6.07 Å². The van der Waals surface area contributed by atoms with Crippen LogP contribution >= 0.6 is 0 Å². The van der Waals surface area contributed by atoms with Crippen molar-refractivity contribution in [2.24, 2.45) is 5.73 Å². The Balaban J connectivity index is 2.22. The van der Waals surface area contributed by atoms with Crippen LogP contribution in [0, 0.1) is 25.2 Å². The Kier molecular flexibility index (Phi) is 4.39. The molecule has 0 aliphatic rings. The molecule has 2 aromatic rings. The first kappa shape index (κ1) is 14.1. The molecular weight excluding hydrogens is 248 g/mol. The monoisotopic (exact) mass is 266 g/mol. The Hall–Kier alpha value is -2.31. The molecule has 0 atom stereocenters. The fourth-order valence-corrected chi connectivity index (χ4v) is 2.29. The maximum atomic E-state index is 9.07. The second kappa shape index (κ2) is 6.23. The molecule has 20 heavy (non-hydrogen) atoms. The van der Waals surface area contributed by atoms with Crippen molar-refractivity contribution in [3.05, 3.63) is 64.2 Å². The van der Waals surface area contributed by atoms with Crippen molar-refractivity contribution in [3.63, 3.8) is 0 Å². The van der Waals surface area contributed by atoms with E-state index in [4.69, 9.17) is 15.7 Å². The van der Waals surface area contributed by atoms with Gasteiger partial charge < -0.3 is 10.5 Å². The van der Waals surface area contributed by atoms with Crippen LogP contribution < -0.4 is 10.5 Å². The smallest absolute Gasteiger partial charge is 0.125 e. The Morgan fingerprint density at radius 1 is 1.15 bits per heavy atom. The van der Waals surface area contributed by atoms with Crippen LogP contribution in [-0.2, 0) is 13.2 Å². The highest BCUT2D eigenvalue weighted by atomic mass is 16.5. The Labute approximate surface area is 119 Å². The summed E-state index contributed by atoms with van der Waals surface area (Å²) in [7, 11) is 0. The Morgan fingerprint density at radius 2 is 1.80 bits per heavy atom. The van der Waals surface area contributed by atoms with E-state index >= 15 is 0 Å². The zero-order valence-electron chi connectivity index (χ0n) is 11.8. The molecule has 0 aromatic heterocycles. The molecule has 2 N–H and O–H groups in total. The van der Waals surface area contributed by atoms with Gasteiger partial charge in [0.1, 0.15) is 12.4 Å². The number of ether oxygens (including phenoxy) is 1. The summed E-state index contributed by atoms with van der Waals surface area (Å²) in [6, 6.07) is 13.7. The third-order valence-corrected chi connectivity index (χ3v) is 3.27. The minimum absolute atomic E-state index is 0.396. The molecule has 0 spiro atoms. The Bertz CT molecular complexity index is 633. The lowest BCUT2D eigenvalue weighted by molar-refractivity contribution is 0.301. The first-order chi connectivity index (χ1) is 9.65. The molecule has 0 bridgehead atoms. The molecular formula is C17H18N2O. The van der Waals surface area contributed by atoms with Gasteiger partial charge in [-0.15, -0.1) is 0 Å². The normalized spacial score (nSPS) is 10.1. The summed E-state index contributed by atoms with van der Waals surface area (Å²) < 4.78 is 5.90. The van der Waals surface area contributed by atoms with Gasteiger partial charge in [0.2, 0.25) is 0 Å². The van der Waals surface area contributed by atoms with Crippen molar-refractivity contribution in [1.29, 1.82) is 5.26 Å². The summed E-state index contributed by atoms with van der Waals surface area (Å²) in [5.41, 5.74) is 10.5. The predicted molar refractivity (Wildman–Crippen MR) is 79.3 cm³/mol. The number of benzene rings is 2. The summed E-state index contributed by atoms with van der Waals surface area (Å²) in [4.78, 5) is 0. The van der Waals surface area contributed by atoms with Crippen LogP contribution in [0.4, 0.5) is 0 Å². The quantitative estimate of drug-likeness (QED) is 0.924. The Morgan fingerprint density at radius 3 is 2.40 bits per heavy atom. The largest absolute Gasteiger partial charge is 0.488 e. The molecule has 0 saturated heterocycles. The van der Waals surface area contributed by atoms with Gasteiger partial charge in [0.15, 0.2) is 0 Å². The minimum Gasteiger partial charge on any atom is -0.488 e. The van der Waals surface area contributed by atoms with Crippen molar-refractivity contribution in [3.8, 4) is 11.8 Å². The number of hydrogen-bond donors (Lipinski definition) is 1. The zero-order valence-corrected chi connectivity index (χ0v) is 11.8. The highest BCUT2D eigenvalue weighted by molar-refractivity contribution is 5.44. The molecule has 2 aromatic carbocycles. The van der Waals surface area contributed by atoms with Crippen LogP contribution in [0.2, 0.25) is 0 Å². The summed E-state index contributed by atoms with van der Waals surface area (Å²) in [6.07, 6.45) is 0. The molecule has 2 rings (SSSR count). The number of rotatable bonds is 4. The third kappa shape index (κ3) is 2.98. The first-order valence-electron chi connectivity index (χ1n) is 6.56. The van der Waals surface area contributed by atoms with Gasteiger partial charge in [0.05, 0.1) is 11.6 Å². The van der Waals surface area contributed by atoms with Crippen molar-refractivity contribution in [1.82, 2.24) is 0 Å². The fourth-order valence-electron chi connectivity index (χ4n) is 2.29. The van der Waals surface area contributed by atoms with E-state index in [0.717, 1.165) is 28.0 Å². The van der Waals surface area contributed by atoms with E-state index < -0.39 is 0 Å². The molecule has 0 saturated carbocycles. The topological polar surface area (TPSA) is 59.0 Å². The number of aryl methyl sites for hydroxylation is 2. The lowest BCUT2D eigenvalue weighted by atomic mass is 10.1. The van der Waals surface area contributed by atoms with E-state index in [1.807, 2.05) is 44.2 Å². The van der Waals surface area contributed by atoms with Crippen LogP contribution in [0.25, 0.3) is 0 Å². The molecule has 3 nitrogen and oxygen atoms in total. The average Bonchev–Trinajstić information content (AvgIpc) is 2.46. The maximum absolute atomic E-state index is 9.07. The second-order valence-corrected chi connectivity index (χ2v) is 4.82. The molecule has 0 aliphatic heterocycles. The lowest BCUT2D eigenvalue weighted by Crippen LogP contribution is -2.03. The predicted octanol–water partition coefficient (Wildman–Crippen LogP) is 3.21. The standard InChI is InChI=1S/C17H18N2O/c1-12-7-14(9-18)8-13(2)17(12)20-11-16-6-4-3-5-15(16)10-19/h3-8H,9,11,18H2,1-2H3. The maximum Gasteiger partial charge on any atom is 0.125 e. The average molecular weight is 266 g/mol. The summed E-state index contributed by atoms with van der Waals surface area (Å²) >= 11 is 0. The van der Waals surface area contributed by atoms with E-state index in [9.17, 15) is 0 Å². The van der Waals surface area contributed by atoms with Gasteiger partial charge in [-0.05, 0) is 36.6 Å². The van der Waals surface area contributed by atoms with Crippen molar-refractivity contribution < 1.29 is 4.74 Å². The summed E-state index contributed by atoms with van der Waals surface area (Å²) in [5, 5.41) is 9.07. The van der Waals surface area contributed by atoms with Crippen LogP contribution in [0.15, 0.2) is 36.4 Å². The first-order valence-corrected chi connectivity index (χ1v) is 6.56. The fraction of sp³-hybridized carbons (Fsp3) is 0.235. The van der Waals surface area contributed by atoms with Crippen LogP contribution in [0.3, 0.4) is 0 Å². The number of nitrogens with zero attached hydrogens (tertiary/aromatic N) is 1. The van der Waals surface area contributed by atoms with Gasteiger partial charge in [-0.1, -0.05) is 30.3 Å². The van der Waals surface area contributed by atoms with Crippen LogP contribution in [0.1, 0.15) is 27.8 Å². The number of nitriles is 1. The minimum atomic E-state index is 0.396. The van der Waals surface area contributed by atoms with Gasteiger partial charge in [-0.3, -0.25) is 0 Å². The third-order valence-electron chi connectivity index (χ3n) is 3.27. The molecule has 0 radical (unpaired) electrons. The van der Waals surface area contributed by atoms with Gasteiger partial charge in [0, 0.05) is 12.1 Å². The molecule has 0 amide bonds. The highest BCUT2D eigenvalue weighted by Gasteiger charge is 2.08. The van der Waals surface area contributed by atoms with Crippen molar-refractivity contribution >= 4 is 0 Å².